The van der Waals surface area contributed by atoms with Crippen molar-refractivity contribution >= 4 is 17.3 Å². The fourth-order valence-electron chi connectivity index (χ4n) is 2.30. The first-order chi connectivity index (χ1) is 10.9. The van der Waals surface area contributed by atoms with E-state index in [0.29, 0.717) is 18.7 Å². The van der Waals surface area contributed by atoms with Crippen LogP contribution in [0.3, 0.4) is 0 Å². The second-order valence-electron chi connectivity index (χ2n) is 5.58. The maximum absolute atomic E-state index is 12.3. The standard InChI is InChI=1S/C15H19N5O3/c1-10-5-12(14(16)13(6-10)20(22)23)15(21)18-7-11(2)8-19-4-3-17-9-19/h3-6,9,11H,7-8,16H2,1-2H3,(H,18,21)/t11-/m0/s1. The Kier molecular flexibility index (Phi) is 4.95. The van der Waals surface area contributed by atoms with E-state index in [-0.39, 0.29) is 22.9 Å². The third kappa shape index (κ3) is 4.06. The molecule has 0 saturated carbocycles. The van der Waals surface area contributed by atoms with Gasteiger partial charge in [0, 0.05) is 31.5 Å². The average molecular weight is 317 g/mol. The number of nitro benzene ring substituents is 1. The Balaban J connectivity index is 2.04. The minimum absolute atomic E-state index is 0.111. The van der Waals surface area contributed by atoms with Crippen molar-refractivity contribution in [1.29, 1.82) is 0 Å². The van der Waals surface area contributed by atoms with Crippen molar-refractivity contribution in [2.75, 3.05) is 12.3 Å². The Morgan fingerprint density at radius 2 is 2.26 bits per heavy atom. The lowest BCUT2D eigenvalue weighted by atomic mass is 10.1. The molecule has 1 amide bonds. The largest absolute Gasteiger partial charge is 0.393 e. The molecule has 0 radical (unpaired) electrons. The van der Waals surface area contributed by atoms with Crippen molar-refractivity contribution in [2.24, 2.45) is 5.92 Å². The molecular weight excluding hydrogens is 298 g/mol. The summed E-state index contributed by atoms with van der Waals surface area (Å²) in [5.74, 6) is -0.235. The third-order valence-electron chi connectivity index (χ3n) is 3.44. The number of nitro groups is 1. The molecule has 0 unspecified atom stereocenters. The minimum atomic E-state index is -0.583. The van der Waals surface area contributed by atoms with Gasteiger partial charge >= 0.3 is 0 Å². The summed E-state index contributed by atoms with van der Waals surface area (Å²) in [4.78, 5) is 26.6. The molecule has 1 aromatic carbocycles. The molecule has 0 saturated heterocycles. The number of imidazole rings is 1. The lowest BCUT2D eigenvalue weighted by molar-refractivity contribution is -0.384. The highest BCUT2D eigenvalue weighted by molar-refractivity contribution is 6.01. The van der Waals surface area contributed by atoms with Crippen molar-refractivity contribution in [1.82, 2.24) is 14.9 Å². The molecule has 0 fully saturated rings. The van der Waals surface area contributed by atoms with Gasteiger partial charge in [-0.2, -0.15) is 0 Å². The lowest BCUT2D eigenvalue weighted by Crippen LogP contribution is -2.30. The van der Waals surface area contributed by atoms with Gasteiger partial charge in [-0.25, -0.2) is 4.98 Å². The van der Waals surface area contributed by atoms with Gasteiger partial charge in [0.25, 0.3) is 11.6 Å². The van der Waals surface area contributed by atoms with Gasteiger partial charge in [0.2, 0.25) is 0 Å². The summed E-state index contributed by atoms with van der Waals surface area (Å²) in [7, 11) is 0. The fraction of sp³-hybridized carbons (Fsp3) is 0.333. The van der Waals surface area contributed by atoms with Gasteiger partial charge in [-0.1, -0.05) is 6.92 Å². The molecule has 3 N–H and O–H groups in total. The van der Waals surface area contributed by atoms with Gasteiger partial charge in [-0.15, -0.1) is 0 Å². The van der Waals surface area contributed by atoms with E-state index in [1.165, 1.54) is 6.07 Å². The number of nitrogens with zero attached hydrogens (tertiary/aromatic N) is 3. The van der Waals surface area contributed by atoms with Crippen LogP contribution in [0.4, 0.5) is 11.4 Å². The van der Waals surface area contributed by atoms with Crippen LogP contribution in [0.1, 0.15) is 22.8 Å². The number of nitrogens with one attached hydrogen (secondary N) is 1. The number of hydrogen-bond acceptors (Lipinski definition) is 5. The van der Waals surface area contributed by atoms with Crippen LogP contribution in [-0.2, 0) is 6.54 Å². The molecule has 1 heterocycles. The predicted octanol–water partition coefficient (Wildman–Crippen LogP) is 1.75. The van der Waals surface area contributed by atoms with Crippen LogP contribution in [0.5, 0.6) is 0 Å². The highest BCUT2D eigenvalue weighted by Crippen LogP contribution is 2.27. The predicted molar refractivity (Wildman–Crippen MR) is 86.0 cm³/mol. The maximum Gasteiger partial charge on any atom is 0.293 e. The van der Waals surface area contributed by atoms with E-state index < -0.39 is 10.8 Å². The number of rotatable bonds is 6. The summed E-state index contributed by atoms with van der Waals surface area (Å²) < 4.78 is 1.92. The summed E-state index contributed by atoms with van der Waals surface area (Å²) in [6.45, 7) is 4.81. The molecule has 1 aromatic heterocycles. The van der Waals surface area contributed by atoms with E-state index in [4.69, 9.17) is 5.73 Å². The monoisotopic (exact) mass is 317 g/mol. The maximum atomic E-state index is 12.3. The molecular formula is C15H19N5O3. The first-order valence-electron chi connectivity index (χ1n) is 7.17. The number of carbonyl (C=O) groups excluding carboxylic acids is 1. The SMILES string of the molecule is Cc1cc(C(=O)NC[C@H](C)Cn2ccnc2)c(N)c([N+](=O)[O-])c1. The van der Waals surface area contributed by atoms with Gasteiger partial charge < -0.3 is 15.6 Å². The van der Waals surface area contributed by atoms with E-state index in [0.717, 1.165) is 0 Å². The number of anilines is 1. The summed E-state index contributed by atoms with van der Waals surface area (Å²) in [5.41, 5.74) is 6.14. The lowest BCUT2D eigenvalue weighted by Gasteiger charge is -2.14. The number of nitrogens with two attached hydrogens (primary N) is 1. The highest BCUT2D eigenvalue weighted by atomic mass is 16.6. The van der Waals surface area contributed by atoms with Crippen molar-refractivity contribution in [3.63, 3.8) is 0 Å². The number of aromatic nitrogens is 2. The van der Waals surface area contributed by atoms with Crippen LogP contribution >= 0.6 is 0 Å². The number of nitrogen functional groups attached to an aromatic ring is 1. The van der Waals surface area contributed by atoms with Crippen LogP contribution in [-0.4, -0.2) is 26.9 Å². The number of benzene rings is 1. The van der Waals surface area contributed by atoms with Gasteiger partial charge in [0.1, 0.15) is 5.69 Å². The molecule has 8 heteroatoms. The number of amides is 1. The summed E-state index contributed by atoms with van der Waals surface area (Å²) >= 11 is 0. The summed E-state index contributed by atoms with van der Waals surface area (Å²) in [5, 5.41) is 13.7. The molecule has 8 nitrogen and oxygen atoms in total. The van der Waals surface area contributed by atoms with Gasteiger partial charge in [-0.3, -0.25) is 14.9 Å². The second-order valence-corrected chi connectivity index (χ2v) is 5.58. The Morgan fingerprint density at radius 3 is 2.87 bits per heavy atom. The molecule has 0 aliphatic heterocycles. The Bertz CT molecular complexity index is 712. The van der Waals surface area contributed by atoms with Crippen molar-refractivity contribution < 1.29 is 9.72 Å². The molecule has 122 valence electrons. The van der Waals surface area contributed by atoms with Crippen LogP contribution in [0.2, 0.25) is 0 Å². The van der Waals surface area contributed by atoms with Crippen LogP contribution < -0.4 is 11.1 Å². The highest BCUT2D eigenvalue weighted by Gasteiger charge is 2.20. The molecule has 0 bridgehead atoms. The molecule has 23 heavy (non-hydrogen) atoms. The fourth-order valence-corrected chi connectivity index (χ4v) is 2.30. The van der Waals surface area contributed by atoms with E-state index >= 15 is 0 Å². The van der Waals surface area contributed by atoms with E-state index in [1.54, 1.807) is 25.5 Å². The smallest absolute Gasteiger partial charge is 0.293 e. The zero-order chi connectivity index (χ0) is 17.0. The topological polar surface area (TPSA) is 116 Å². The second kappa shape index (κ2) is 6.91. The summed E-state index contributed by atoms with van der Waals surface area (Å²) in [6.07, 6.45) is 5.25. The quantitative estimate of drug-likeness (QED) is 0.478. The Labute approximate surface area is 133 Å². The van der Waals surface area contributed by atoms with Gasteiger partial charge in [-0.05, 0) is 24.5 Å². The zero-order valence-electron chi connectivity index (χ0n) is 13.0. The number of carbonyl (C=O) groups is 1. The van der Waals surface area contributed by atoms with E-state index in [9.17, 15) is 14.9 Å². The van der Waals surface area contributed by atoms with Crippen LogP contribution in [0.25, 0.3) is 0 Å². The van der Waals surface area contributed by atoms with Gasteiger partial charge in [0.15, 0.2) is 0 Å². The van der Waals surface area contributed by atoms with Crippen molar-refractivity contribution in [2.45, 2.75) is 20.4 Å². The number of aryl methyl sites for hydroxylation is 1. The summed E-state index contributed by atoms with van der Waals surface area (Å²) in [6, 6.07) is 2.91. The Hall–Kier alpha value is -2.90. The average Bonchev–Trinajstić information content (AvgIpc) is 2.99. The van der Waals surface area contributed by atoms with E-state index in [1.807, 2.05) is 17.7 Å². The molecule has 2 rings (SSSR count). The number of hydrogen-bond donors (Lipinski definition) is 2. The first-order valence-corrected chi connectivity index (χ1v) is 7.17. The van der Waals surface area contributed by atoms with Crippen LogP contribution in [0.15, 0.2) is 30.9 Å². The molecule has 1 atom stereocenters. The van der Waals surface area contributed by atoms with Crippen molar-refractivity contribution in [3.05, 3.63) is 52.1 Å². The Morgan fingerprint density at radius 1 is 1.52 bits per heavy atom. The molecule has 2 aromatic rings. The van der Waals surface area contributed by atoms with Gasteiger partial charge in [0.05, 0.1) is 16.8 Å². The van der Waals surface area contributed by atoms with Crippen molar-refractivity contribution in [3.8, 4) is 0 Å². The molecule has 0 aliphatic carbocycles. The molecule has 0 aliphatic rings. The third-order valence-corrected chi connectivity index (χ3v) is 3.44. The molecule has 0 spiro atoms. The normalized spacial score (nSPS) is 11.9. The van der Waals surface area contributed by atoms with E-state index in [2.05, 4.69) is 10.3 Å². The first kappa shape index (κ1) is 16.5. The minimum Gasteiger partial charge on any atom is -0.393 e. The zero-order valence-corrected chi connectivity index (χ0v) is 13.0. The van der Waals surface area contributed by atoms with Crippen LogP contribution in [0, 0.1) is 23.0 Å².